The third-order valence-electron chi connectivity index (χ3n) is 1.63. The van der Waals surface area contributed by atoms with Crippen LogP contribution in [0.5, 0.6) is 5.88 Å². The van der Waals surface area contributed by atoms with Gasteiger partial charge in [-0.1, -0.05) is 0 Å². The summed E-state index contributed by atoms with van der Waals surface area (Å²) in [6.07, 6.45) is 1.67. The molecule has 1 aromatic heterocycles. The van der Waals surface area contributed by atoms with E-state index in [0.717, 1.165) is 5.56 Å². The van der Waals surface area contributed by atoms with Gasteiger partial charge >= 0.3 is 0 Å². The van der Waals surface area contributed by atoms with Gasteiger partial charge in [0.1, 0.15) is 0 Å². The molecule has 0 fully saturated rings. The van der Waals surface area contributed by atoms with Crippen molar-refractivity contribution >= 4 is 5.91 Å². The highest BCUT2D eigenvalue weighted by Crippen LogP contribution is 2.08. The van der Waals surface area contributed by atoms with Crippen LogP contribution in [0.25, 0.3) is 0 Å². The lowest BCUT2D eigenvalue weighted by atomic mass is 10.2. The minimum absolute atomic E-state index is 0.0419. The predicted molar refractivity (Wildman–Crippen MR) is 52.9 cm³/mol. The average Bonchev–Trinajstić information content (AvgIpc) is 2.16. The normalized spacial score (nSPS) is 9.57. The first kappa shape index (κ1) is 10.5. The lowest BCUT2D eigenvalue weighted by Gasteiger charge is -2.05. The lowest BCUT2D eigenvalue weighted by Crippen LogP contribution is -2.18. The molecule has 0 spiro atoms. The number of aromatic nitrogens is 1. The van der Waals surface area contributed by atoms with Crippen LogP contribution in [-0.2, 0) is 11.3 Å². The van der Waals surface area contributed by atoms with Gasteiger partial charge in [-0.05, 0) is 18.6 Å². The number of hydrogen-bond donors (Lipinski definition) is 1. The Labute approximate surface area is 83.3 Å². The van der Waals surface area contributed by atoms with Crippen molar-refractivity contribution in [2.45, 2.75) is 20.4 Å². The smallest absolute Gasteiger partial charge is 0.217 e. The van der Waals surface area contributed by atoms with E-state index >= 15 is 0 Å². The molecular weight excluding hydrogens is 180 g/mol. The molecule has 0 saturated carbocycles. The van der Waals surface area contributed by atoms with Crippen LogP contribution >= 0.6 is 0 Å². The highest BCUT2D eigenvalue weighted by Gasteiger charge is 1.98. The van der Waals surface area contributed by atoms with E-state index in [1.807, 2.05) is 19.1 Å². The summed E-state index contributed by atoms with van der Waals surface area (Å²) in [6.45, 7) is 4.50. The standard InChI is InChI=1S/C10H14N2O2/c1-3-14-10-6-9(4-5-11-10)7-12-8(2)13/h4-6H,3,7H2,1-2H3,(H,12,13). The number of hydrogen-bond acceptors (Lipinski definition) is 3. The molecule has 4 nitrogen and oxygen atoms in total. The van der Waals surface area contributed by atoms with E-state index in [4.69, 9.17) is 4.74 Å². The SMILES string of the molecule is CCOc1cc(CNC(C)=O)ccn1. The molecule has 1 N–H and O–H groups in total. The number of nitrogens with one attached hydrogen (secondary N) is 1. The highest BCUT2D eigenvalue weighted by atomic mass is 16.5. The highest BCUT2D eigenvalue weighted by molar-refractivity contribution is 5.72. The molecule has 0 bridgehead atoms. The van der Waals surface area contributed by atoms with E-state index < -0.39 is 0 Å². The Morgan fingerprint density at radius 3 is 3.07 bits per heavy atom. The van der Waals surface area contributed by atoms with Crippen molar-refractivity contribution in [1.29, 1.82) is 0 Å². The molecule has 0 unspecified atom stereocenters. The van der Waals surface area contributed by atoms with Crippen LogP contribution in [-0.4, -0.2) is 17.5 Å². The Morgan fingerprint density at radius 1 is 1.64 bits per heavy atom. The van der Waals surface area contributed by atoms with Gasteiger partial charge in [-0.2, -0.15) is 0 Å². The molecule has 1 rings (SSSR count). The summed E-state index contributed by atoms with van der Waals surface area (Å²) in [4.78, 5) is 14.7. The Kier molecular flexibility index (Phi) is 3.91. The first-order valence-electron chi connectivity index (χ1n) is 4.54. The molecule has 14 heavy (non-hydrogen) atoms. The number of pyridine rings is 1. The van der Waals surface area contributed by atoms with Gasteiger partial charge in [-0.15, -0.1) is 0 Å². The Balaban J connectivity index is 2.58. The van der Waals surface area contributed by atoms with Gasteiger partial charge < -0.3 is 10.1 Å². The number of carbonyl (C=O) groups is 1. The summed E-state index contributed by atoms with van der Waals surface area (Å²) >= 11 is 0. The van der Waals surface area contributed by atoms with E-state index in [-0.39, 0.29) is 5.91 Å². The molecule has 76 valence electrons. The molecule has 0 aromatic carbocycles. The topological polar surface area (TPSA) is 51.2 Å². The van der Waals surface area contributed by atoms with E-state index in [0.29, 0.717) is 19.0 Å². The second-order valence-corrected chi connectivity index (χ2v) is 2.85. The third-order valence-corrected chi connectivity index (χ3v) is 1.63. The van der Waals surface area contributed by atoms with Gasteiger partial charge in [0.25, 0.3) is 0 Å². The van der Waals surface area contributed by atoms with E-state index in [1.54, 1.807) is 6.20 Å². The van der Waals surface area contributed by atoms with Gasteiger partial charge in [0, 0.05) is 25.7 Å². The van der Waals surface area contributed by atoms with Crippen LogP contribution in [0.2, 0.25) is 0 Å². The maximum atomic E-state index is 10.7. The van der Waals surface area contributed by atoms with E-state index in [1.165, 1.54) is 6.92 Å². The average molecular weight is 194 g/mol. The van der Waals surface area contributed by atoms with Crippen molar-refractivity contribution in [2.24, 2.45) is 0 Å². The van der Waals surface area contributed by atoms with Crippen LogP contribution in [0.15, 0.2) is 18.3 Å². The number of nitrogens with zero attached hydrogens (tertiary/aromatic N) is 1. The van der Waals surface area contributed by atoms with Crippen LogP contribution in [0.1, 0.15) is 19.4 Å². The van der Waals surface area contributed by atoms with Crippen LogP contribution < -0.4 is 10.1 Å². The van der Waals surface area contributed by atoms with Crippen molar-refractivity contribution in [2.75, 3.05) is 6.61 Å². The Bertz CT molecular complexity index is 313. The van der Waals surface area contributed by atoms with Crippen LogP contribution in [0.4, 0.5) is 0 Å². The number of amides is 1. The van der Waals surface area contributed by atoms with Gasteiger partial charge in [0.2, 0.25) is 11.8 Å². The second kappa shape index (κ2) is 5.21. The van der Waals surface area contributed by atoms with E-state index in [2.05, 4.69) is 10.3 Å². The zero-order valence-electron chi connectivity index (χ0n) is 8.41. The second-order valence-electron chi connectivity index (χ2n) is 2.85. The Hall–Kier alpha value is -1.58. The summed E-state index contributed by atoms with van der Waals surface area (Å²) in [6, 6.07) is 3.66. The molecule has 0 saturated heterocycles. The maximum Gasteiger partial charge on any atom is 0.217 e. The lowest BCUT2D eigenvalue weighted by molar-refractivity contribution is -0.119. The van der Waals surface area contributed by atoms with Crippen molar-refractivity contribution in [1.82, 2.24) is 10.3 Å². The minimum Gasteiger partial charge on any atom is -0.478 e. The molecule has 1 aromatic rings. The quantitative estimate of drug-likeness (QED) is 0.781. The van der Waals surface area contributed by atoms with Crippen LogP contribution in [0, 0.1) is 0 Å². The zero-order chi connectivity index (χ0) is 10.4. The predicted octanol–water partition coefficient (Wildman–Crippen LogP) is 1.12. The van der Waals surface area contributed by atoms with Crippen LogP contribution in [0.3, 0.4) is 0 Å². The first-order valence-corrected chi connectivity index (χ1v) is 4.54. The maximum absolute atomic E-state index is 10.7. The fraction of sp³-hybridized carbons (Fsp3) is 0.400. The molecule has 1 amide bonds. The third kappa shape index (κ3) is 3.43. The fourth-order valence-corrected chi connectivity index (χ4v) is 1.01. The number of rotatable bonds is 4. The van der Waals surface area contributed by atoms with Crippen molar-refractivity contribution in [3.63, 3.8) is 0 Å². The summed E-state index contributed by atoms with van der Waals surface area (Å²) in [5.74, 6) is 0.551. The summed E-state index contributed by atoms with van der Waals surface area (Å²) in [7, 11) is 0. The monoisotopic (exact) mass is 194 g/mol. The largest absolute Gasteiger partial charge is 0.478 e. The molecule has 0 aliphatic carbocycles. The summed E-state index contributed by atoms with van der Waals surface area (Å²) in [5.41, 5.74) is 0.985. The summed E-state index contributed by atoms with van der Waals surface area (Å²) < 4.78 is 5.23. The van der Waals surface area contributed by atoms with Crippen molar-refractivity contribution in [3.8, 4) is 5.88 Å². The molecule has 4 heteroatoms. The first-order chi connectivity index (χ1) is 6.72. The molecule has 0 atom stereocenters. The minimum atomic E-state index is -0.0419. The Morgan fingerprint density at radius 2 is 2.43 bits per heavy atom. The number of ether oxygens (including phenoxy) is 1. The van der Waals surface area contributed by atoms with Gasteiger partial charge in [0.05, 0.1) is 6.61 Å². The summed E-state index contributed by atoms with van der Waals surface area (Å²) in [5, 5.41) is 2.71. The number of carbonyl (C=O) groups excluding carboxylic acids is 1. The van der Waals surface area contributed by atoms with Gasteiger partial charge in [-0.25, -0.2) is 4.98 Å². The van der Waals surface area contributed by atoms with Crippen molar-refractivity contribution < 1.29 is 9.53 Å². The zero-order valence-corrected chi connectivity index (χ0v) is 8.41. The van der Waals surface area contributed by atoms with Crippen molar-refractivity contribution in [3.05, 3.63) is 23.9 Å². The fourth-order valence-electron chi connectivity index (χ4n) is 1.01. The molecule has 1 heterocycles. The molecule has 0 aliphatic rings. The van der Waals surface area contributed by atoms with Gasteiger partial charge in [0.15, 0.2) is 0 Å². The van der Waals surface area contributed by atoms with E-state index in [9.17, 15) is 4.79 Å². The molecule has 0 radical (unpaired) electrons. The molecular formula is C10H14N2O2. The van der Waals surface area contributed by atoms with Gasteiger partial charge in [-0.3, -0.25) is 4.79 Å². The molecule has 0 aliphatic heterocycles.